The van der Waals surface area contributed by atoms with Crippen molar-refractivity contribution in [2.24, 2.45) is 7.05 Å². The Morgan fingerprint density at radius 1 is 1.14 bits per heavy atom. The van der Waals surface area contributed by atoms with Crippen molar-refractivity contribution in [3.05, 3.63) is 34.8 Å². The molecule has 2 atom stereocenters. The first-order valence-corrected chi connectivity index (χ1v) is 12.7. The van der Waals surface area contributed by atoms with Crippen molar-refractivity contribution in [1.29, 1.82) is 5.26 Å². The maximum absolute atomic E-state index is 14.1. The molecule has 3 aliphatic heterocycles. The average molecular weight is 503 g/mol. The highest BCUT2D eigenvalue weighted by Gasteiger charge is 2.44. The molecule has 0 spiro atoms. The van der Waals surface area contributed by atoms with E-state index in [4.69, 9.17) is 0 Å². The number of nitrogens with zero attached hydrogens (tertiary/aromatic N) is 7. The van der Waals surface area contributed by atoms with Crippen LogP contribution in [0.2, 0.25) is 0 Å². The molecule has 0 aliphatic carbocycles. The molecule has 8 nitrogen and oxygen atoms in total. The number of hydrogen-bond acceptors (Lipinski definition) is 7. The maximum atomic E-state index is 14.1. The molecule has 0 radical (unpaired) electrons. The van der Waals surface area contributed by atoms with Crippen LogP contribution < -0.4 is 15.1 Å². The van der Waals surface area contributed by atoms with Crippen LogP contribution in [0, 0.1) is 18.3 Å². The minimum absolute atomic E-state index is 0.0186. The second-order valence-corrected chi connectivity index (χ2v) is 10.2. The monoisotopic (exact) mass is 502 g/mol. The van der Waals surface area contributed by atoms with Gasteiger partial charge >= 0.3 is 6.18 Å². The van der Waals surface area contributed by atoms with Gasteiger partial charge in [-0.3, -0.25) is 9.58 Å². The lowest BCUT2D eigenvalue weighted by Crippen LogP contribution is -2.68. The largest absolute Gasteiger partial charge is 0.434 e. The van der Waals surface area contributed by atoms with Crippen molar-refractivity contribution in [3.8, 4) is 6.07 Å². The highest BCUT2D eigenvalue weighted by molar-refractivity contribution is 5.69. The van der Waals surface area contributed by atoms with Gasteiger partial charge in [0.15, 0.2) is 5.69 Å². The lowest BCUT2D eigenvalue weighted by Gasteiger charge is -2.53. The first kappa shape index (κ1) is 24.8. The summed E-state index contributed by atoms with van der Waals surface area (Å²) in [5.74, 6) is 0.609. The Balaban J connectivity index is 1.41. The van der Waals surface area contributed by atoms with Crippen LogP contribution in [0.5, 0.6) is 0 Å². The number of piperazine rings is 1. The van der Waals surface area contributed by atoms with E-state index in [0.29, 0.717) is 37.1 Å². The van der Waals surface area contributed by atoms with Crippen LogP contribution in [0.1, 0.15) is 48.2 Å². The third-order valence-corrected chi connectivity index (χ3v) is 8.11. The van der Waals surface area contributed by atoms with Gasteiger partial charge in [-0.1, -0.05) is 0 Å². The van der Waals surface area contributed by atoms with Crippen molar-refractivity contribution in [2.75, 3.05) is 55.6 Å². The smallest absolute Gasteiger partial charge is 0.364 e. The number of aromatic nitrogens is 3. The number of rotatable bonds is 4. The summed E-state index contributed by atoms with van der Waals surface area (Å²) in [5.41, 5.74) is 1.21. The summed E-state index contributed by atoms with van der Waals surface area (Å²) >= 11 is 0. The molecule has 2 aromatic heterocycles. The molecular formula is C25H33F3N8. The Kier molecular flexibility index (Phi) is 6.59. The topological polar surface area (TPSA) is 76.2 Å². The summed E-state index contributed by atoms with van der Waals surface area (Å²) in [5, 5.41) is 17.4. The van der Waals surface area contributed by atoms with E-state index >= 15 is 0 Å². The van der Waals surface area contributed by atoms with Gasteiger partial charge in [-0.15, -0.1) is 0 Å². The van der Waals surface area contributed by atoms with E-state index in [1.807, 2.05) is 47.6 Å². The zero-order valence-corrected chi connectivity index (χ0v) is 21.0. The van der Waals surface area contributed by atoms with E-state index < -0.39 is 11.9 Å². The molecule has 3 fully saturated rings. The summed E-state index contributed by atoms with van der Waals surface area (Å²) in [6, 6.07) is 3.81. The van der Waals surface area contributed by atoms with Crippen LogP contribution in [0.25, 0.3) is 0 Å². The van der Waals surface area contributed by atoms with E-state index in [1.165, 1.54) is 5.69 Å². The predicted molar refractivity (Wildman–Crippen MR) is 131 cm³/mol. The molecule has 0 saturated carbocycles. The molecule has 0 unspecified atom stereocenters. The summed E-state index contributed by atoms with van der Waals surface area (Å²) in [4.78, 5) is 10.3. The number of anilines is 2. The van der Waals surface area contributed by atoms with Gasteiger partial charge < -0.3 is 15.1 Å². The van der Waals surface area contributed by atoms with Crippen molar-refractivity contribution < 1.29 is 13.2 Å². The summed E-state index contributed by atoms with van der Waals surface area (Å²) in [7, 11) is 1.93. The Morgan fingerprint density at radius 3 is 2.39 bits per heavy atom. The van der Waals surface area contributed by atoms with Crippen LogP contribution in [0.4, 0.5) is 24.7 Å². The predicted octanol–water partition coefficient (Wildman–Crippen LogP) is 2.88. The Hall–Kier alpha value is -2.84. The van der Waals surface area contributed by atoms with Gasteiger partial charge in [0.25, 0.3) is 0 Å². The van der Waals surface area contributed by atoms with E-state index in [1.54, 1.807) is 6.07 Å². The number of pyridine rings is 1. The van der Waals surface area contributed by atoms with E-state index in [9.17, 15) is 18.4 Å². The highest BCUT2D eigenvalue weighted by atomic mass is 19.4. The molecule has 194 valence electrons. The van der Waals surface area contributed by atoms with Gasteiger partial charge in [0.05, 0.1) is 11.9 Å². The number of nitriles is 1. The third-order valence-electron chi connectivity index (χ3n) is 8.11. The van der Waals surface area contributed by atoms with Crippen LogP contribution in [-0.4, -0.2) is 77.6 Å². The molecule has 0 amide bonds. The van der Waals surface area contributed by atoms with Crippen molar-refractivity contribution >= 4 is 11.5 Å². The lowest BCUT2D eigenvalue weighted by atomic mass is 9.91. The molecule has 1 N–H and O–H groups in total. The Bertz CT molecular complexity index is 1120. The number of hydrogen-bond donors (Lipinski definition) is 1. The molecule has 5 rings (SSSR count). The zero-order chi connectivity index (χ0) is 25.6. The molecular weight excluding hydrogens is 469 g/mol. The van der Waals surface area contributed by atoms with E-state index in [0.717, 1.165) is 44.6 Å². The number of nitrogens with one attached hydrogen (secondary N) is 1. The van der Waals surface area contributed by atoms with E-state index in [-0.39, 0.29) is 17.6 Å². The fourth-order valence-electron chi connectivity index (χ4n) is 6.09. The number of alkyl halides is 3. The first-order valence-electron chi connectivity index (χ1n) is 12.7. The number of aryl methyl sites for hydroxylation is 2. The summed E-state index contributed by atoms with van der Waals surface area (Å²) < 4.78 is 44.1. The van der Waals surface area contributed by atoms with Crippen molar-refractivity contribution in [3.63, 3.8) is 0 Å². The van der Waals surface area contributed by atoms with Gasteiger partial charge in [-0.2, -0.15) is 23.5 Å². The number of halogens is 3. The van der Waals surface area contributed by atoms with Crippen LogP contribution in [-0.2, 0) is 13.2 Å². The number of piperidine rings is 1. The first-order chi connectivity index (χ1) is 17.2. The molecule has 36 heavy (non-hydrogen) atoms. The highest BCUT2D eigenvalue weighted by Crippen LogP contribution is 2.41. The second kappa shape index (κ2) is 9.56. The van der Waals surface area contributed by atoms with Crippen LogP contribution >= 0.6 is 0 Å². The van der Waals surface area contributed by atoms with Gasteiger partial charge in [-0.25, -0.2) is 4.98 Å². The SMILES string of the molecule is Cc1cnn(C)c1C1CCN(c2cc(N3C[C@H](N4CCNCC4)[C@@H]3C)c(C#N)c(C(F)(F)F)n2)CC1. The van der Waals surface area contributed by atoms with E-state index in [2.05, 4.69) is 20.3 Å². The van der Waals surface area contributed by atoms with Crippen LogP contribution in [0.3, 0.4) is 0 Å². The second-order valence-electron chi connectivity index (χ2n) is 10.2. The fourth-order valence-corrected chi connectivity index (χ4v) is 6.09. The van der Waals surface area contributed by atoms with Crippen molar-refractivity contribution in [1.82, 2.24) is 25.0 Å². The molecule has 0 bridgehead atoms. The minimum atomic E-state index is -4.70. The Morgan fingerprint density at radius 2 is 1.83 bits per heavy atom. The van der Waals surface area contributed by atoms with Gasteiger partial charge in [-0.05, 0) is 32.3 Å². The fraction of sp³-hybridized carbons (Fsp3) is 0.640. The molecule has 2 aromatic rings. The third kappa shape index (κ3) is 4.41. The molecule has 0 aromatic carbocycles. The molecule has 3 saturated heterocycles. The average Bonchev–Trinajstić information content (AvgIpc) is 3.20. The maximum Gasteiger partial charge on any atom is 0.434 e. The minimum Gasteiger partial charge on any atom is -0.364 e. The molecule has 5 heterocycles. The van der Waals surface area contributed by atoms with Gasteiger partial charge in [0.2, 0.25) is 0 Å². The zero-order valence-electron chi connectivity index (χ0n) is 21.0. The Labute approximate surface area is 209 Å². The normalized spacial score (nSPS) is 24.0. The molecule has 3 aliphatic rings. The van der Waals surface area contributed by atoms with Crippen LogP contribution in [0.15, 0.2) is 12.3 Å². The summed E-state index contributed by atoms with van der Waals surface area (Å²) in [6.45, 7) is 9.57. The van der Waals surface area contributed by atoms with Crippen molar-refractivity contribution in [2.45, 2.75) is 50.9 Å². The summed E-state index contributed by atoms with van der Waals surface area (Å²) in [6.07, 6.45) is -1.23. The quantitative estimate of drug-likeness (QED) is 0.689. The standard InChI is InChI=1S/C25H33F3N8/c1-16-14-31-33(3)23(16)18-4-8-35(9-5-18)22-12-20(19(13-29)24(32-22)25(26,27)28)36-15-21(17(36)2)34-10-6-30-7-11-34/h12,14,17-18,21,30H,4-11,15H2,1-3H3/t17-,21-/m0/s1. The molecule has 11 heteroatoms. The van der Waals surface area contributed by atoms with Gasteiger partial charge in [0.1, 0.15) is 17.5 Å². The van der Waals surface area contributed by atoms with Gasteiger partial charge in [0, 0.05) is 82.6 Å². The lowest BCUT2D eigenvalue weighted by molar-refractivity contribution is -0.141.